The van der Waals surface area contributed by atoms with Crippen LogP contribution >= 0.6 is 0 Å². The van der Waals surface area contributed by atoms with Crippen molar-refractivity contribution in [1.82, 2.24) is 10.6 Å². The number of hydrogen-bond acceptors (Lipinski definition) is 2. The molecule has 2 N–H and O–H groups in total. The van der Waals surface area contributed by atoms with Gasteiger partial charge < -0.3 is 10.6 Å². The molecule has 0 heterocycles. The third kappa shape index (κ3) is 5.17. The standard InChI is InChI=1S/C12H24N2O/c1-10(11(2)12-4-5-12)8-13-6-3-7-14-9-15/h9-13H,3-8H2,1-2H3,(H,14,15). The van der Waals surface area contributed by atoms with Gasteiger partial charge in [0.1, 0.15) is 0 Å². The van der Waals surface area contributed by atoms with E-state index in [1.54, 1.807) is 0 Å². The molecule has 15 heavy (non-hydrogen) atoms. The van der Waals surface area contributed by atoms with Crippen LogP contribution in [-0.2, 0) is 4.79 Å². The molecule has 3 heteroatoms. The summed E-state index contributed by atoms with van der Waals surface area (Å²) in [6, 6.07) is 0. The third-order valence-corrected chi connectivity index (χ3v) is 3.49. The van der Waals surface area contributed by atoms with Gasteiger partial charge in [0.25, 0.3) is 0 Å². The predicted octanol–water partition coefficient (Wildman–Crippen LogP) is 1.39. The van der Waals surface area contributed by atoms with Crippen LogP contribution in [0.4, 0.5) is 0 Å². The van der Waals surface area contributed by atoms with Crippen LogP contribution in [0.1, 0.15) is 33.1 Å². The number of carbonyl (C=O) groups is 1. The highest BCUT2D eigenvalue weighted by molar-refractivity contribution is 5.45. The van der Waals surface area contributed by atoms with Gasteiger partial charge in [0.2, 0.25) is 6.41 Å². The summed E-state index contributed by atoms with van der Waals surface area (Å²) in [6.07, 6.45) is 4.66. The maximum absolute atomic E-state index is 9.99. The predicted molar refractivity (Wildman–Crippen MR) is 62.6 cm³/mol. The number of hydrogen-bond donors (Lipinski definition) is 2. The molecule has 1 fully saturated rings. The van der Waals surface area contributed by atoms with Crippen molar-refractivity contribution in [3.63, 3.8) is 0 Å². The zero-order chi connectivity index (χ0) is 11.1. The zero-order valence-electron chi connectivity index (χ0n) is 9.96. The molecule has 0 spiro atoms. The molecular formula is C12H24N2O. The molecule has 1 rings (SSSR count). The molecule has 0 bridgehead atoms. The van der Waals surface area contributed by atoms with Crippen LogP contribution in [0.3, 0.4) is 0 Å². The van der Waals surface area contributed by atoms with Crippen LogP contribution in [0.25, 0.3) is 0 Å². The summed E-state index contributed by atoms with van der Waals surface area (Å²) in [5.41, 5.74) is 0. The molecule has 0 radical (unpaired) electrons. The van der Waals surface area contributed by atoms with Crippen molar-refractivity contribution in [3.8, 4) is 0 Å². The van der Waals surface area contributed by atoms with E-state index in [9.17, 15) is 4.79 Å². The van der Waals surface area contributed by atoms with Crippen LogP contribution in [0.15, 0.2) is 0 Å². The summed E-state index contributed by atoms with van der Waals surface area (Å²) in [5, 5.41) is 6.12. The summed E-state index contributed by atoms with van der Waals surface area (Å²) >= 11 is 0. The van der Waals surface area contributed by atoms with Crippen molar-refractivity contribution in [2.45, 2.75) is 33.1 Å². The van der Waals surface area contributed by atoms with E-state index < -0.39 is 0 Å². The molecule has 0 aliphatic heterocycles. The number of nitrogens with one attached hydrogen (secondary N) is 2. The number of amides is 1. The fourth-order valence-electron chi connectivity index (χ4n) is 1.98. The van der Waals surface area contributed by atoms with Gasteiger partial charge in [0.15, 0.2) is 0 Å². The molecule has 0 aromatic rings. The van der Waals surface area contributed by atoms with Crippen LogP contribution in [0, 0.1) is 17.8 Å². The summed E-state index contributed by atoms with van der Waals surface area (Å²) in [5.74, 6) is 2.64. The van der Waals surface area contributed by atoms with Gasteiger partial charge in [0.05, 0.1) is 0 Å². The minimum absolute atomic E-state index is 0.762. The van der Waals surface area contributed by atoms with Crippen molar-refractivity contribution >= 4 is 6.41 Å². The van der Waals surface area contributed by atoms with E-state index in [1.807, 2.05) is 0 Å². The van der Waals surface area contributed by atoms with E-state index in [0.29, 0.717) is 0 Å². The molecule has 88 valence electrons. The molecule has 0 aromatic heterocycles. The zero-order valence-corrected chi connectivity index (χ0v) is 9.96. The summed E-state index contributed by atoms with van der Waals surface area (Å²) < 4.78 is 0. The van der Waals surface area contributed by atoms with Crippen molar-refractivity contribution in [2.75, 3.05) is 19.6 Å². The van der Waals surface area contributed by atoms with Gasteiger partial charge in [-0.2, -0.15) is 0 Å². The maximum Gasteiger partial charge on any atom is 0.207 e. The molecule has 2 unspecified atom stereocenters. The fraction of sp³-hybridized carbons (Fsp3) is 0.917. The molecule has 2 atom stereocenters. The Morgan fingerprint density at radius 3 is 2.67 bits per heavy atom. The normalized spacial score (nSPS) is 19.6. The van der Waals surface area contributed by atoms with Gasteiger partial charge >= 0.3 is 0 Å². The Morgan fingerprint density at radius 2 is 2.07 bits per heavy atom. The highest BCUT2D eigenvalue weighted by Crippen LogP contribution is 2.39. The fourth-order valence-corrected chi connectivity index (χ4v) is 1.98. The topological polar surface area (TPSA) is 41.1 Å². The van der Waals surface area contributed by atoms with Crippen molar-refractivity contribution < 1.29 is 4.79 Å². The van der Waals surface area contributed by atoms with E-state index >= 15 is 0 Å². The average Bonchev–Trinajstić information content (AvgIpc) is 3.05. The highest BCUT2D eigenvalue weighted by Gasteiger charge is 2.30. The first kappa shape index (κ1) is 12.5. The lowest BCUT2D eigenvalue weighted by molar-refractivity contribution is -0.109. The molecule has 3 nitrogen and oxygen atoms in total. The third-order valence-electron chi connectivity index (χ3n) is 3.49. The summed E-state index contributed by atoms with van der Waals surface area (Å²) in [6.45, 7) is 7.60. The van der Waals surface area contributed by atoms with E-state index in [2.05, 4.69) is 24.5 Å². The van der Waals surface area contributed by atoms with E-state index in [0.717, 1.165) is 50.2 Å². The molecule has 0 saturated heterocycles. The smallest absolute Gasteiger partial charge is 0.207 e. The van der Waals surface area contributed by atoms with Crippen molar-refractivity contribution in [1.29, 1.82) is 0 Å². The van der Waals surface area contributed by atoms with Gasteiger partial charge in [-0.25, -0.2) is 0 Å². The van der Waals surface area contributed by atoms with Crippen LogP contribution in [0.5, 0.6) is 0 Å². The highest BCUT2D eigenvalue weighted by atomic mass is 16.1. The monoisotopic (exact) mass is 212 g/mol. The largest absolute Gasteiger partial charge is 0.359 e. The number of carbonyl (C=O) groups excluding carboxylic acids is 1. The van der Waals surface area contributed by atoms with Gasteiger partial charge in [0, 0.05) is 6.54 Å². The quantitative estimate of drug-likeness (QED) is 0.448. The Balaban J connectivity index is 1.91. The lowest BCUT2D eigenvalue weighted by Crippen LogP contribution is -2.28. The minimum atomic E-state index is 0.762. The molecular weight excluding hydrogens is 188 g/mol. The first-order valence-corrected chi connectivity index (χ1v) is 6.13. The van der Waals surface area contributed by atoms with Gasteiger partial charge in [-0.05, 0) is 50.1 Å². The van der Waals surface area contributed by atoms with Gasteiger partial charge in [-0.1, -0.05) is 13.8 Å². The van der Waals surface area contributed by atoms with Gasteiger partial charge in [-0.15, -0.1) is 0 Å². The lowest BCUT2D eigenvalue weighted by Gasteiger charge is -2.19. The number of rotatable bonds is 9. The molecule has 1 saturated carbocycles. The molecule has 1 aliphatic rings. The van der Waals surface area contributed by atoms with Crippen molar-refractivity contribution in [2.24, 2.45) is 17.8 Å². The van der Waals surface area contributed by atoms with E-state index in [-0.39, 0.29) is 0 Å². The van der Waals surface area contributed by atoms with Crippen LogP contribution in [0.2, 0.25) is 0 Å². The Kier molecular flexibility index (Phi) is 5.69. The summed E-state index contributed by atoms with van der Waals surface area (Å²) in [4.78, 5) is 9.99. The second-order valence-electron chi connectivity index (χ2n) is 4.80. The Labute approximate surface area is 93.0 Å². The summed E-state index contributed by atoms with van der Waals surface area (Å²) in [7, 11) is 0. The van der Waals surface area contributed by atoms with Gasteiger partial charge in [-0.3, -0.25) is 4.79 Å². The van der Waals surface area contributed by atoms with Crippen LogP contribution in [-0.4, -0.2) is 26.0 Å². The van der Waals surface area contributed by atoms with Crippen LogP contribution < -0.4 is 10.6 Å². The van der Waals surface area contributed by atoms with E-state index in [1.165, 1.54) is 12.8 Å². The first-order chi connectivity index (χ1) is 7.25. The maximum atomic E-state index is 9.99. The second kappa shape index (κ2) is 6.83. The second-order valence-corrected chi connectivity index (χ2v) is 4.80. The SMILES string of the molecule is CC(CNCCCNC=O)C(C)C1CC1. The minimum Gasteiger partial charge on any atom is -0.359 e. The Morgan fingerprint density at radius 1 is 1.33 bits per heavy atom. The average molecular weight is 212 g/mol. The van der Waals surface area contributed by atoms with Crippen molar-refractivity contribution in [3.05, 3.63) is 0 Å². The first-order valence-electron chi connectivity index (χ1n) is 6.13. The van der Waals surface area contributed by atoms with E-state index in [4.69, 9.17) is 0 Å². The molecule has 1 aliphatic carbocycles. The molecule has 0 aromatic carbocycles. The Hall–Kier alpha value is -0.570. The molecule has 1 amide bonds. The lowest BCUT2D eigenvalue weighted by atomic mass is 9.91. The Bertz CT molecular complexity index is 180.